The summed E-state index contributed by atoms with van der Waals surface area (Å²) in [5.74, 6) is 1.60. The van der Waals surface area contributed by atoms with Gasteiger partial charge in [0.05, 0.1) is 7.11 Å². The molecule has 1 aromatic carbocycles. The summed E-state index contributed by atoms with van der Waals surface area (Å²) in [6, 6.07) is 8.50. The maximum Gasteiger partial charge on any atom is 0.119 e. The van der Waals surface area contributed by atoms with Crippen LogP contribution in [0.4, 0.5) is 0 Å². The van der Waals surface area contributed by atoms with E-state index < -0.39 is 0 Å². The monoisotopic (exact) mass is 259 g/mol. The topological polar surface area (TPSA) is 12.5 Å². The maximum absolute atomic E-state index is 5.36. The molecule has 0 N–H and O–H groups in total. The summed E-state index contributed by atoms with van der Waals surface area (Å²) in [6.45, 7) is 3.42. The van der Waals surface area contributed by atoms with Crippen LogP contribution in [-0.4, -0.2) is 32.6 Å². The highest BCUT2D eigenvalue weighted by Crippen LogP contribution is 2.38. The molecule has 0 bridgehead atoms. The summed E-state index contributed by atoms with van der Waals surface area (Å²) < 4.78 is 5.36. The number of benzene rings is 1. The Hall–Kier alpha value is -1.28. The van der Waals surface area contributed by atoms with E-state index in [4.69, 9.17) is 4.74 Å². The van der Waals surface area contributed by atoms with Crippen molar-refractivity contribution in [2.75, 3.05) is 27.7 Å². The predicted molar refractivity (Wildman–Crippen MR) is 81.5 cm³/mol. The molecule has 2 rings (SSSR count). The molecule has 19 heavy (non-hydrogen) atoms. The predicted octanol–water partition coefficient (Wildman–Crippen LogP) is 3.83. The zero-order chi connectivity index (χ0) is 13.8. The first-order valence-electron chi connectivity index (χ1n) is 7.10. The molecule has 0 amide bonds. The van der Waals surface area contributed by atoms with E-state index in [0.29, 0.717) is 5.92 Å². The Bertz CT molecular complexity index is 462. The molecule has 1 atom stereocenters. The van der Waals surface area contributed by atoms with Crippen LogP contribution in [0.2, 0.25) is 0 Å². The first kappa shape index (κ1) is 14.1. The number of hydrogen-bond acceptors (Lipinski definition) is 2. The van der Waals surface area contributed by atoms with Crippen LogP contribution in [0.3, 0.4) is 0 Å². The van der Waals surface area contributed by atoms with Gasteiger partial charge in [0.1, 0.15) is 5.75 Å². The SMILES string of the molecule is COc1cccc(C2=C(C)CCCC2CN(C)C)c1. The van der Waals surface area contributed by atoms with Crippen LogP contribution in [0.15, 0.2) is 29.8 Å². The van der Waals surface area contributed by atoms with Crippen molar-refractivity contribution in [1.82, 2.24) is 4.90 Å². The van der Waals surface area contributed by atoms with Gasteiger partial charge in [-0.15, -0.1) is 0 Å². The third kappa shape index (κ3) is 3.38. The third-order valence-corrected chi connectivity index (χ3v) is 3.94. The Balaban J connectivity index is 2.36. The van der Waals surface area contributed by atoms with E-state index in [-0.39, 0.29) is 0 Å². The summed E-state index contributed by atoms with van der Waals surface area (Å²) in [7, 11) is 6.05. The van der Waals surface area contributed by atoms with Crippen molar-refractivity contribution in [3.63, 3.8) is 0 Å². The van der Waals surface area contributed by atoms with Gasteiger partial charge in [-0.2, -0.15) is 0 Å². The van der Waals surface area contributed by atoms with E-state index in [1.807, 2.05) is 6.07 Å². The van der Waals surface area contributed by atoms with E-state index in [1.165, 1.54) is 24.8 Å². The normalized spacial score (nSPS) is 19.9. The molecule has 0 radical (unpaired) electrons. The molecule has 0 spiro atoms. The first-order chi connectivity index (χ1) is 9.11. The molecule has 104 valence electrons. The zero-order valence-corrected chi connectivity index (χ0v) is 12.6. The fraction of sp³-hybridized carbons (Fsp3) is 0.529. The largest absolute Gasteiger partial charge is 0.497 e. The molecule has 0 aliphatic heterocycles. The van der Waals surface area contributed by atoms with Gasteiger partial charge in [-0.3, -0.25) is 0 Å². The number of allylic oxidation sites excluding steroid dienone is 1. The Morgan fingerprint density at radius 1 is 1.32 bits per heavy atom. The molecular formula is C17H25NO. The summed E-state index contributed by atoms with van der Waals surface area (Å²) in [4.78, 5) is 2.30. The van der Waals surface area contributed by atoms with Crippen LogP contribution >= 0.6 is 0 Å². The van der Waals surface area contributed by atoms with Crippen LogP contribution in [0.25, 0.3) is 5.57 Å². The van der Waals surface area contributed by atoms with Crippen molar-refractivity contribution in [2.45, 2.75) is 26.2 Å². The molecule has 2 nitrogen and oxygen atoms in total. The van der Waals surface area contributed by atoms with Crippen molar-refractivity contribution in [3.8, 4) is 5.75 Å². The highest BCUT2D eigenvalue weighted by molar-refractivity contribution is 5.72. The summed E-state index contributed by atoms with van der Waals surface area (Å²) in [6.07, 6.45) is 3.84. The van der Waals surface area contributed by atoms with E-state index >= 15 is 0 Å². The van der Waals surface area contributed by atoms with Crippen LogP contribution in [0.5, 0.6) is 5.75 Å². The third-order valence-electron chi connectivity index (χ3n) is 3.94. The van der Waals surface area contributed by atoms with Gasteiger partial charge in [0, 0.05) is 6.54 Å². The molecule has 1 aliphatic rings. The van der Waals surface area contributed by atoms with Gasteiger partial charge in [-0.1, -0.05) is 17.7 Å². The number of nitrogens with zero attached hydrogens (tertiary/aromatic N) is 1. The highest BCUT2D eigenvalue weighted by Gasteiger charge is 2.23. The molecule has 0 aromatic heterocycles. The molecule has 0 saturated heterocycles. The van der Waals surface area contributed by atoms with Gasteiger partial charge in [0.15, 0.2) is 0 Å². The van der Waals surface area contributed by atoms with E-state index in [2.05, 4.69) is 44.1 Å². The first-order valence-corrected chi connectivity index (χ1v) is 7.10. The molecule has 0 fully saturated rings. The van der Waals surface area contributed by atoms with Crippen molar-refractivity contribution in [1.29, 1.82) is 0 Å². The summed E-state index contributed by atoms with van der Waals surface area (Å²) in [5.41, 5.74) is 4.42. The number of hydrogen-bond donors (Lipinski definition) is 0. The van der Waals surface area contributed by atoms with Crippen LogP contribution in [-0.2, 0) is 0 Å². The average Bonchev–Trinajstić information content (AvgIpc) is 2.38. The number of ether oxygens (including phenoxy) is 1. The van der Waals surface area contributed by atoms with Gasteiger partial charge < -0.3 is 9.64 Å². The second-order valence-corrected chi connectivity index (χ2v) is 5.78. The van der Waals surface area contributed by atoms with E-state index in [0.717, 1.165) is 12.3 Å². The van der Waals surface area contributed by atoms with Gasteiger partial charge in [0.25, 0.3) is 0 Å². The standard InChI is InChI=1S/C17H25NO/c1-13-7-5-9-15(12-18(2)3)17(13)14-8-6-10-16(11-14)19-4/h6,8,10-11,15H,5,7,9,12H2,1-4H3. The molecule has 1 aliphatic carbocycles. The lowest BCUT2D eigenvalue weighted by molar-refractivity contribution is 0.344. The van der Waals surface area contributed by atoms with Gasteiger partial charge >= 0.3 is 0 Å². The lowest BCUT2D eigenvalue weighted by Crippen LogP contribution is -2.25. The summed E-state index contributed by atoms with van der Waals surface area (Å²) in [5, 5.41) is 0. The van der Waals surface area contributed by atoms with Gasteiger partial charge in [-0.25, -0.2) is 0 Å². The lowest BCUT2D eigenvalue weighted by Gasteiger charge is -2.30. The second-order valence-electron chi connectivity index (χ2n) is 5.78. The molecule has 0 heterocycles. The molecule has 0 saturated carbocycles. The quantitative estimate of drug-likeness (QED) is 0.815. The molecule has 1 aromatic rings. The Kier molecular flexibility index (Phi) is 4.65. The lowest BCUT2D eigenvalue weighted by atomic mass is 9.79. The van der Waals surface area contributed by atoms with E-state index in [9.17, 15) is 0 Å². The number of rotatable bonds is 4. The Labute approximate surface area is 117 Å². The van der Waals surface area contributed by atoms with Crippen molar-refractivity contribution in [2.24, 2.45) is 5.92 Å². The minimum atomic E-state index is 0.649. The smallest absolute Gasteiger partial charge is 0.119 e. The molecule has 2 heteroatoms. The number of methoxy groups -OCH3 is 1. The van der Waals surface area contributed by atoms with Crippen molar-refractivity contribution >= 4 is 5.57 Å². The van der Waals surface area contributed by atoms with Crippen LogP contribution < -0.4 is 4.74 Å². The minimum Gasteiger partial charge on any atom is -0.497 e. The summed E-state index contributed by atoms with van der Waals surface area (Å²) >= 11 is 0. The molecular weight excluding hydrogens is 234 g/mol. The fourth-order valence-electron chi connectivity index (χ4n) is 3.14. The van der Waals surface area contributed by atoms with Crippen LogP contribution in [0.1, 0.15) is 31.7 Å². The van der Waals surface area contributed by atoms with E-state index in [1.54, 1.807) is 18.3 Å². The van der Waals surface area contributed by atoms with Gasteiger partial charge in [-0.05, 0) is 69.5 Å². The van der Waals surface area contributed by atoms with Gasteiger partial charge in [0.2, 0.25) is 0 Å². The minimum absolute atomic E-state index is 0.649. The zero-order valence-electron chi connectivity index (χ0n) is 12.6. The maximum atomic E-state index is 5.36. The Morgan fingerprint density at radius 3 is 2.79 bits per heavy atom. The average molecular weight is 259 g/mol. The highest BCUT2D eigenvalue weighted by atomic mass is 16.5. The Morgan fingerprint density at radius 2 is 2.11 bits per heavy atom. The molecule has 1 unspecified atom stereocenters. The van der Waals surface area contributed by atoms with Crippen molar-refractivity contribution in [3.05, 3.63) is 35.4 Å². The van der Waals surface area contributed by atoms with Crippen molar-refractivity contribution < 1.29 is 4.74 Å². The van der Waals surface area contributed by atoms with Crippen LogP contribution in [0, 0.1) is 5.92 Å². The second kappa shape index (κ2) is 6.25. The fourth-order valence-corrected chi connectivity index (χ4v) is 3.14.